The standard InChI is InChI=1S/C23H23F2N5O2/c1-12(31)30-11-16(24)9-20(30)23(32)28-21(14-4-5-15-10-26-29-19(15)8-14)18-7-6-17(13-2-3-13)22(25)27-18/h4-8,10,13,16,20-21H,2-3,9,11H2,1H3,(H,26,29)(H,28,32). The first-order valence-corrected chi connectivity index (χ1v) is 10.7. The molecule has 0 spiro atoms. The Morgan fingerprint density at radius 3 is 2.78 bits per heavy atom. The van der Waals surface area contributed by atoms with E-state index in [1.165, 1.54) is 11.8 Å². The van der Waals surface area contributed by atoms with Crippen molar-refractivity contribution in [3.8, 4) is 0 Å². The summed E-state index contributed by atoms with van der Waals surface area (Å²) in [7, 11) is 0. The van der Waals surface area contributed by atoms with E-state index in [0.717, 1.165) is 23.7 Å². The average molecular weight is 439 g/mol. The highest BCUT2D eigenvalue weighted by Gasteiger charge is 2.39. The minimum Gasteiger partial charge on any atom is -0.342 e. The van der Waals surface area contributed by atoms with Gasteiger partial charge in [0.1, 0.15) is 12.2 Å². The summed E-state index contributed by atoms with van der Waals surface area (Å²) >= 11 is 0. The number of alkyl halides is 1. The zero-order valence-electron chi connectivity index (χ0n) is 17.5. The summed E-state index contributed by atoms with van der Waals surface area (Å²) in [6.07, 6.45) is 2.24. The van der Waals surface area contributed by atoms with Crippen molar-refractivity contribution >= 4 is 22.7 Å². The first-order valence-electron chi connectivity index (χ1n) is 10.7. The van der Waals surface area contributed by atoms with Crippen LogP contribution in [0.25, 0.3) is 10.9 Å². The first-order chi connectivity index (χ1) is 15.4. The Labute approximate surface area is 183 Å². The molecule has 3 unspecified atom stereocenters. The SMILES string of the molecule is CC(=O)N1CC(F)CC1C(=O)NC(c1ccc2cn[nH]c2c1)c1ccc(C2CC2)c(F)n1. The molecule has 2 aromatic heterocycles. The number of pyridine rings is 1. The van der Waals surface area contributed by atoms with Crippen LogP contribution >= 0.6 is 0 Å². The van der Waals surface area contributed by atoms with E-state index in [4.69, 9.17) is 0 Å². The van der Waals surface area contributed by atoms with Crippen LogP contribution in [0.2, 0.25) is 0 Å². The predicted molar refractivity (Wildman–Crippen MR) is 113 cm³/mol. The number of benzene rings is 1. The molecule has 5 rings (SSSR count). The average Bonchev–Trinajstić information content (AvgIpc) is 3.35. The quantitative estimate of drug-likeness (QED) is 0.598. The second-order valence-corrected chi connectivity index (χ2v) is 8.57. The van der Waals surface area contributed by atoms with Gasteiger partial charge in [-0.2, -0.15) is 9.49 Å². The van der Waals surface area contributed by atoms with Crippen LogP contribution in [0.4, 0.5) is 8.78 Å². The molecular weight excluding hydrogens is 416 g/mol. The molecule has 0 bridgehead atoms. The van der Waals surface area contributed by atoms with Crippen LogP contribution in [-0.2, 0) is 9.59 Å². The molecule has 1 aromatic carbocycles. The summed E-state index contributed by atoms with van der Waals surface area (Å²) < 4.78 is 28.7. The summed E-state index contributed by atoms with van der Waals surface area (Å²) in [5, 5.41) is 10.7. The van der Waals surface area contributed by atoms with Gasteiger partial charge >= 0.3 is 0 Å². The highest BCUT2D eigenvalue weighted by molar-refractivity contribution is 5.88. The number of likely N-dealkylation sites (tertiary alicyclic amines) is 1. The van der Waals surface area contributed by atoms with E-state index in [2.05, 4.69) is 20.5 Å². The molecule has 7 nitrogen and oxygen atoms in total. The van der Waals surface area contributed by atoms with E-state index in [9.17, 15) is 18.4 Å². The van der Waals surface area contributed by atoms with Crippen molar-refractivity contribution in [1.82, 2.24) is 25.4 Å². The van der Waals surface area contributed by atoms with Gasteiger partial charge in [0.05, 0.1) is 30.0 Å². The van der Waals surface area contributed by atoms with E-state index in [0.29, 0.717) is 16.8 Å². The van der Waals surface area contributed by atoms with Crippen LogP contribution in [0.15, 0.2) is 36.5 Å². The van der Waals surface area contributed by atoms with Crippen molar-refractivity contribution in [3.05, 3.63) is 59.3 Å². The fourth-order valence-electron chi connectivity index (χ4n) is 4.40. The maximum absolute atomic E-state index is 14.7. The number of H-pyrrole nitrogens is 1. The van der Waals surface area contributed by atoms with E-state index in [-0.39, 0.29) is 24.8 Å². The minimum atomic E-state index is -1.26. The van der Waals surface area contributed by atoms with Crippen molar-refractivity contribution in [1.29, 1.82) is 0 Å². The van der Waals surface area contributed by atoms with Gasteiger partial charge in [-0.3, -0.25) is 14.7 Å². The summed E-state index contributed by atoms with van der Waals surface area (Å²) in [6, 6.07) is 7.22. The van der Waals surface area contributed by atoms with Crippen LogP contribution in [0.1, 0.15) is 55.0 Å². The Morgan fingerprint density at radius 2 is 2.06 bits per heavy atom. The Morgan fingerprint density at radius 1 is 1.25 bits per heavy atom. The largest absolute Gasteiger partial charge is 0.342 e. The number of carbonyl (C=O) groups is 2. The van der Waals surface area contributed by atoms with Gasteiger partial charge in [0.25, 0.3) is 0 Å². The zero-order chi connectivity index (χ0) is 22.4. The van der Waals surface area contributed by atoms with Gasteiger partial charge in [-0.1, -0.05) is 18.2 Å². The fraction of sp³-hybridized carbons (Fsp3) is 0.391. The number of hydrogen-bond donors (Lipinski definition) is 2. The molecule has 2 aliphatic rings. The van der Waals surface area contributed by atoms with Gasteiger partial charge in [0.2, 0.25) is 17.8 Å². The van der Waals surface area contributed by atoms with Crippen LogP contribution in [0.5, 0.6) is 0 Å². The lowest BCUT2D eigenvalue weighted by Gasteiger charge is -2.26. The third-order valence-corrected chi connectivity index (χ3v) is 6.26. The number of hydrogen-bond acceptors (Lipinski definition) is 4. The lowest BCUT2D eigenvalue weighted by atomic mass is 10.00. The number of amides is 2. The number of aromatic amines is 1. The topological polar surface area (TPSA) is 91.0 Å². The predicted octanol–water partition coefficient (Wildman–Crippen LogP) is 3.14. The molecule has 1 saturated carbocycles. The molecular formula is C23H23F2N5O2. The number of nitrogens with one attached hydrogen (secondary N) is 2. The molecule has 166 valence electrons. The summed E-state index contributed by atoms with van der Waals surface area (Å²) in [5.41, 5.74) is 2.35. The summed E-state index contributed by atoms with van der Waals surface area (Å²) in [5.74, 6) is -1.20. The Kier molecular flexibility index (Phi) is 5.11. The number of rotatable bonds is 5. The molecule has 1 aliphatic heterocycles. The van der Waals surface area contributed by atoms with Crippen molar-refractivity contribution in [2.75, 3.05) is 6.54 Å². The van der Waals surface area contributed by atoms with Gasteiger partial charge in [-0.25, -0.2) is 9.37 Å². The van der Waals surface area contributed by atoms with Crippen LogP contribution in [0.3, 0.4) is 0 Å². The van der Waals surface area contributed by atoms with Gasteiger partial charge in [0, 0.05) is 24.3 Å². The van der Waals surface area contributed by atoms with E-state index in [1.807, 2.05) is 18.2 Å². The molecule has 2 N–H and O–H groups in total. The number of nitrogens with zero attached hydrogens (tertiary/aromatic N) is 3. The van der Waals surface area contributed by atoms with Crippen molar-refractivity contribution < 1.29 is 18.4 Å². The molecule has 3 aromatic rings. The summed E-state index contributed by atoms with van der Waals surface area (Å²) in [4.78, 5) is 30.4. The van der Waals surface area contributed by atoms with Crippen molar-refractivity contribution in [3.63, 3.8) is 0 Å². The van der Waals surface area contributed by atoms with E-state index < -0.39 is 30.1 Å². The van der Waals surface area contributed by atoms with Crippen molar-refractivity contribution in [2.24, 2.45) is 0 Å². The molecule has 9 heteroatoms. The molecule has 3 heterocycles. The van der Waals surface area contributed by atoms with Gasteiger partial charge in [-0.15, -0.1) is 0 Å². The normalized spacial score (nSPS) is 21.7. The van der Waals surface area contributed by atoms with Crippen LogP contribution in [-0.4, -0.2) is 50.7 Å². The molecule has 0 radical (unpaired) electrons. The van der Waals surface area contributed by atoms with E-state index in [1.54, 1.807) is 18.3 Å². The smallest absolute Gasteiger partial charge is 0.243 e. The number of halogens is 2. The monoisotopic (exact) mass is 439 g/mol. The lowest BCUT2D eigenvalue weighted by Crippen LogP contribution is -2.46. The first kappa shape index (κ1) is 20.5. The fourth-order valence-corrected chi connectivity index (χ4v) is 4.40. The Balaban J connectivity index is 1.50. The molecule has 1 aliphatic carbocycles. The molecule has 3 atom stereocenters. The maximum atomic E-state index is 14.7. The van der Waals surface area contributed by atoms with Crippen LogP contribution < -0.4 is 5.32 Å². The van der Waals surface area contributed by atoms with Crippen molar-refractivity contribution in [2.45, 2.75) is 50.4 Å². The Bertz CT molecular complexity index is 1190. The molecule has 2 fully saturated rings. The highest BCUT2D eigenvalue weighted by Crippen LogP contribution is 2.41. The molecule has 2 amide bonds. The summed E-state index contributed by atoms with van der Waals surface area (Å²) in [6.45, 7) is 1.21. The lowest BCUT2D eigenvalue weighted by molar-refractivity contribution is -0.137. The zero-order valence-corrected chi connectivity index (χ0v) is 17.5. The highest BCUT2D eigenvalue weighted by atomic mass is 19.1. The van der Waals surface area contributed by atoms with Gasteiger partial charge in [-0.05, 0) is 36.5 Å². The Hall–Kier alpha value is -3.36. The van der Waals surface area contributed by atoms with E-state index >= 15 is 0 Å². The third-order valence-electron chi connectivity index (χ3n) is 6.26. The number of carbonyl (C=O) groups excluding carboxylic acids is 2. The number of fused-ring (bicyclic) bond motifs is 1. The van der Waals surface area contributed by atoms with Gasteiger partial charge < -0.3 is 10.2 Å². The minimum absolute atomic E-state index is 0.0693. The third kappa shape index (κ3) is 3.83. The van der Waals surface area contributed by atoms with Crippen LogP contribution in [0, 0.1) is 5.95 Å². The number of aromatic nitrogens is 3. The molecule has 32 heavy (non-hydrogen) atoms. The molecule has 1 saturated heterocycles. The second-order valence-electron chi connectivity index (χ2n) is 8.57. The maximum Gasteiger partial charge on any atom is 0.243 e. The van der Waals surface area contributed by atoms with Gasteiger partial charge in [0.15, 0.2) is 0 Å². The second kappa shape index (κ2) is 7.96.